The maximum atomic E-state index is 13.9. The lowest BCUT2D eigenvalue weighted by Crippen LogP contribution is -2.52. The number of guanidine groups is 1. The third-order valence-corrected chi connectivity index (χ3v) is 4.56. The number of nitrogens with zero attached hydrogens (tertiary/aromatic N) is 5. The number of anilines is 1. The maximum Gasteiger partial charge on any atom is 0.225 e. The average Bonchev–Trinajstić information content (AvgIpc) is 2.66. The van der Waals surface area contributed by atoms with Crippen LogP contribution in [0.2, 0.25) is 0 Å². The summed E-state index contributed by atoms with van der Waals surface area (Å²) in [7, 11) is 1.74. The Hall–Kier alpha value is -2.22. The summed E-state index contributed by atoms with van der Waals surface area (Å²) in [6.07, 6.45) is 3.50. The van der Waals surface area contributed by atoms with E-state index < -0.39 is 0 Å². The molecule has 25 heavy (non-hydrogen) atoms. The van der Waals surface area contributed by atoms with Crippen molar-refractivity contribution in [2.75, 3.05) is 38.1 Å². The van der Waals surface area contributed by atoms with Crippen LogP contribution in [0.1, 0.15) is 5.56 Å². The number of aliphatic imine (C=N–C) groups is 1. The minimum absolute atomic E-state index is 0.225. The van der Waals surface area contributed by atoms with Gasteiger partial charge >= 0.3 is 0 Å². The molecule has 0 radical (unpaired) electrons. The minimum atomic E-state index is -0.225. The van der Waals surface area contributed by atoms with Crippen LogP contribution in [0.3, 0.4) is 0 Å². The van der Waals surface area contributed by atoms with Crippen molar-refractivity contribution in [3.8, 4) is 0 Å². The predicted octanol–water partition coefficient (Wildman–Crippen LogP) is 2.28. The largest absolute Gasteiger partial charge is 0.352 e. The van der Waals surface area contributed by atoms with E-state index in [0.29, 0.717) is 12.1 Å². The number of hydrogen-bond acceptors (Lipinski definition) is 4. The number of halogens is 2. The van der Waals surface area contributed by atoms with E-state index in [1.165, 1.54) is 6.07 Å². The lowest BCUT2D eigenvalue weighted by molar-refractivity contribution is 0.369. The third-order valence-electron chi connectivity index (χ3n) is 4.07. The molecule has 2 aromatic rings. The van der Waals surface area contributed by atoms with Crippen molar-refractivity contribution in [1.82, 2.24) is 20.2 Å². The number of rotatable bonds is 3. The fourth-order valence-corrected chi connectivity index (χ4v) is 3.17. The van der Waals surface area contributed by atoms with Crippen molar-refractivity contribution in [3.05, 3.63) is 52.5 Å². The van der Waals surface area contributed by atoms with E-state index in [1.807, 2.05) is 6.07 Å². The monoisotopic (exact) mass is 406 g/mol. The molecular formula is C17H20BrFN6. The second-order valence-corrected chi connectivity index (χ2v) is 6.58. The molecule has 3 rings (SSSR count). The molecule has 1 saturated heterocycles. The van der Waals surface area contributed by atoms with Gasteiger partial charge < -0.3 is 15.1 Å². The first kappa shape index (κ1) is 17.6. The minimum Gasteiger partial charge on any atom is -0.352 e. The topological polar surface area (TPSA) is 56.7 Å². The molecule has 8 heteroatoms. The second-order valence-electron chi connectivity index (χ2n) is 5.66. The van der Waals surface area contributed by atoms with Gasteiger partial charge in [0.25, 0.3) is 0 Å². The van der Waals surface area contributed by atoms with Gasteiger partial charge in [-0.2, -0.15) is 0 Å². The zero-order valence-electron chi connectivity index (χ0n) is 14.0. The molecule has 132 valence electrons. The predicted molar refractivity (Wildman–Crippen MR) is 100 cm³/mol. The van der Waals surface area contributed by atoms with Crippen LogP contribution in [0.15, 0.2) is 46.1 Å². The highest BCUT2D eigenvalue weighted by Crippen LogP contribution is 2.15. The number of piperazine rings is 1. The zero-order valence-corrected chi connectivity index (χ0v) is 15.6. The smallest absolute Gasteiger partial charge is 0.225 e. The first-order chi connectivity index (χ1) is 12.2. The molecule has 0 saturated carbocycles. The van der Waals surface area contributed by atoms with E-state index in [2.05, 4.69) is 46.0 Å². The van der Waals surface area contributed by atoms with E-state index in [-0.39, 0.29) is 5.82 Å². The standard InChI is InChI=1S/C17H20BrFN6/c1-20-16(23-12-13-11-14(18)3-4-15(13)19)24-7-9-25(10-8-24)17-21-5-2-6-22-17/h2-6,11H,7-10,12H2,1H3,(H,20,23). The van der Waals surface area contributed by atoms with Gasteiger partial charge in [0.05, 0.1) is 0 Å². The third kappa shape index (κ3) is 4.45. The van der Waals surface area contributed by atoms with Gasteiger partial charge in [0.1, 0.15) is 5.82 Å². The van der Waals surface area contributed by atoms with E-state index >= 15 is 0 Å². The molecule has 0 bridgehead atoms. The summed E-state index contributed by atoms with van der Waals surface area (Å²) in [6, 6.07) is 6.74. The van der Waals surface area contributed by atoms with E-state index in [4.69, 9.17) is 0 Å². The summed E-state index contributed by atoms with van der Waals surface area (Å²) < 4.78 is 14.7. The fraction of sp³-hybridized carbons (Fsp3) is 0.353. The van der Waals surface area contributed by atoms with Crippen molar-refractivity contribution >= 4 is 27.8 Å². The molecule has 0 atom stereocenters. The van der Waals surface area contributed by atoms with Gasteiger partial charge in [-0.25, -0.2) is 14.4 Å². The SMILES string of the molecule is CN=C(NCc1cc(Br)ccc1F)N1CCN(c2ncccn2)CC1. The Labute approximate surface area is 154 Å². The van der Waals surface area contributed by atoms with Crippen molar-refractivity contribution in [3.63, 3.8) is 0 Å². The van der Waals surface area contributed by atoms with Gasteiger partial charge in [-0.1, -0.05) is 15.9 Å². The Kier molecular flexibility index (Phi) is 5.80. The van der Waals surface area contributed by atoms with Crippen LogP contribution in [-0.2, 0) is 6.54 Å². The Morgan fingerprint density at radius 1 is 1.24 bits per heavy atom. The van der Waals surface area contributed by atoms with Crippen LogP contribution in [0, 0.1) is 5.82 Å². The molecule has 0 aliphatic carbocycles. The molecular weight excluding hydrogens is 387 g/mol. The van der Waals surface area contributed by atoms with Crippen LogP contribution in [-0.4, -0.2) is 54.1 Å². The Bertz CT molecular complexity index is 731. The Morgan fingerprint density at radius 2 is 1.96 bits per heavy atom. The Morgan fingerprint density at radius 3 is 2.64 bits per heavy atom. The zero-order chi connectivity index (χ0) is 17.6. The molecule has 1 aromatic heterocycles. The Balaban J connectivity index is 1.57. The second kappa shape index (κ2) is 8.24. The maximum absolute atomic E-state index is 13.9. The number of benzene rings is 1. The molecule has 6 nitrogen and oxygen atoms in total. The van der Waals surface area contributed by atoms with Gasteiger partial charge in [-0.15, -0.1) is 0 Å². The quantitative estimate of drug-likeness (QED) is 0.625. The van der Waals surface area contributed by atoms with Gasteiger partial charge in [-0.3, -0.25) is 4.99 Å². The molecule has 2 heterocycles. The van der Waals surface area contributed by atoms with Crippen LogP contribution in [0.5, 0.6) is 0 Å². The summed E-state index contributed by atoms with van der Waals surface area (Å²) in [5, 5.41) is 3.24. The number of hydrogen-bond donors (Lipinski definition) is 1. The lowest BCUT2D eigenvalue weighted by atomic mass is 10.2. The van der Waals surface area contributed by atoms with E-state index in [9.17, 15) is 4.39 Å². The molecule has 1 aromatic carbocycles. The average molecular weight is 407 g/mol. The summed E-state index contributed by atoms with van der Waals surface area (Å²) in [4.78, 5) is 17.2. The van der Waals surface area contributed by atoms with Gasteiger partial charge in [0, 0.05) is 62.2 Å². The molecule has 1 aliphatic heterocycles. The fourth-order valence-electron chi connectivity index (χ4n) is 2.76. The highest BCUT2D eigenvalue weighted by molar-refractivity contribution is 9.10. The van der Waals surface area contributed by atoms with Crippen LogP contribution >= 0.6 is 15.9 Å². The molecule has 0 unspecified atom stereocenters. The number of nitrogens with one attached hydrogen (secondary N) is 1. The van der Waals surface area contributed by atoms with Gasteiger partial charge in [-0.05, 0) is 24.3 Å². The van der Waals surface area contributed by atoms with Crippen molar-refractivity contribution < 1.29 is 4.39 Å². The van der Waals surface area contributed by atoms with Crippen LogP contribution in [0.25, 0.3) is 0 Å². The van der Waals surface area contributed by atoms with Crippen molar-refractivity contribution in [2.45, 2.75) is 6.54 Å². The normalized spacial score (nSPS) is 15.4. The van der Waals surface area contributed by atoms with Crippen molar-refractivity contribution in [1.29, 1.82) is 0 Å². The molecule has 0 amide bonds. The van der Waals surface area contributed by atoms with Crippen molar-refractivity contribution in [2.24, 2.45) is 4.99 Å². The first-order valence-electron chi connectivity index (χ1n) is 8.09. The first-order valence-corrected chi connectivity index (χ1v) is 8.88. The summed E-state index contributed by atoms with van der Waals surface area (Å²) in [5.74, 6) is 1.30. The van der Waals surface area contributed by atoms with Gasteiger partial charge in [0.15, 0.2) is 5.96 Å². The van der Waals surface area contributed by atoms with E-state index in [0.717, 1.165) is 42.6 Å². The van der Waals surface area contributed by atoms with Crippen LogP contribution < -0.4 is 10.2 Å². The highest BCUT2D eigenvalue weighted by atomic mass is 79.9. The summed E-state index contributed by atoms with van der Waals surface area (Å²) >= 11 is 3.37. The number of aromatic nitrogens is 2. The molecule has 0 spiro atoms. The molecule has 1 fully saturated rings. The summed E-state index contributed by atoms with van der Waals surface area (Å²) in [6.45, 7) is 3.63. The highest BCUT2D eigenvalue weighted by Gasteiger charge is 2.21. The lowest BCUT2D eigenvalue weighted by Gasteiger charge is -2.36. The van der Waals surface area contributed by atoms with E-state index in [1.54, 1.807) is 31.6 Å². The molecule has 1 aliphatic rings. The molecule has 1 N–H and O–H groups in total. The van der Waals surface area contributed by atoms with Crippen LogP contribution in [0.4, 0.5) is 10.3 Å². The summed E-state index contributed by atoms with van der Waals surface area (Å²) in [5.41, 5.74) is 0.604. The van der Waals surface area contributed by atoms with Gasteiger partial charge in [0.2, 0.25) is 5.95 Å².